The summed E-state index contributed by atoms with van der Waals surface area (Å²) in [4.78, 5) is 25.3. The van der Waals surface area contributed by atoms with Gasteiger partial charge in [-0.15, -0.1) is 0 Å². The van der Waals surface area contributed by atoms with Crippen molar-refractivity contribution in [3.63, 3.8) is 0 Å². The quantitative estimate of drug-likeness (QED) is 0.872. The largest absolute Gasteiger partial charge is 0.497 e. The summed E-state index contributed by atoms with van der Waals surface area (Å²) in [5.74, 6) is -0.483. The van der Waals surface area contributed by atoms with Crippen molar-refractivity contribution in [2.24, 2.45) is 0 Å². The van der Waals surface area contributed by atoms with Crippen LogP contribution in [0.15, 0.2) is 33.9 Å². The Morgan fingerprint density at radius 3 is 2.85 bits per heavy atom. The van der Waals surface area contributed by atoms with Crippen LogP contribution in [0.1, 0.15) is 5.56 Å². The van der Waals surface area contributed by atoms with Gasteiger partial charge in [0.2, 0.25) is 5.82 Å². The molecule has 0 bridgehead atoms. The van der Waals surface area contributed by atoms with Gasteiger partial charge in [0.25, 0.3) is 5.56 Å². The number of aryl methyl sites for hydroxylation is 1. The molecule has 0 radical (unpaired) electrons. The molecule has 1 heterocycles. The standard InChI is InChI=1S/C13H12ClFN2O3/c1-20-9-4-2-3-8(7-9)5-6-17-12(18)10(15)11(14)16-13(17)19/h2-4,7H,5-6H2,1H3,(H,16,19). The third-order valence-corrected chi connectivity index (χ3v) is 3.11. The summed E-state index contributed by atoms with van der Waals surface area (Å²) in [7, 11) is 1.54. The number of nitrogens with one attached hydrogen (secondary N) is 1. The molecule has 7 heteroatoms. The molecule has 0 saturated heterocycles. The lowest BCUT2D eigenvalue weighted by molar-refractivity contribution is 0.414. The number of nitrogens with zero attached hydrogens (tertiary/aromatic N) is 1. The molecule has 0 fully saturated rings. The van der Waals surface area contributed by atoms with Crippen molar-refractivity contribution in [3.05, 3.63) is 61.6 Å². The molecule has 1 N–H and O–H groups in total. The summed E-state index contributed by atoms with van der Waals surface area (Å²) in [5, 5.41) is -0.572. The molecule has 0 aliphatic carbocycles. The highest BCUT2D eigenvalue weighted by Crippen LogP contribution is 2.13. The van der Waals surface area contributed by atoms with Crippen molar-refractivity contribution in [1.82, 2.24) is 9.55 Å². The van der Waals surface area contributed by atoms with Crippen molar-refractivity contribution < 1.29 is 9.13 Å². The number of H-pyrrole nitrogens is 1. The fourth-order valence-corrected chi connectivity index (χ4v) is 1.95. The Balaban J connectivity index is 2.25. The maximum Gasteiger partial charge on any atom is 0.329 e. The third kappa shape index (κ3) is 2.91. The predicted octanol–water partition coefficient (Wildman–Crippen LogP) is 1.58. The minimum atomic E-state index is -1.16. The molecule has 2 rings (SSSR count). The second kappa shape index (κ2) is 5.92. The van der Waals surface area contributed by atoms with E-state index in [-0.39, 0.29) is 6.54 Å². The SMILES string of the molecule is COc1cccc(CCn2c(=O)[nH]c(Cl)c(F)c2=O)c1. The van der Waals surface area contributed by atoms with Gasteiger partial charge in [-0.2, -0.15) is 4.39 Å². The van der Waals surface area contributed by atoms with Crippen LogP contribution in [-0.4, -0.2) is 16.7 Å². The first-order valence-electron chi connectivity index (χ1n) is 5.84. The average Bonchev–Trinajstić information content (AvgIpc) is 2.45. The molecule has 1 aromatic heterocycles. The molecule has 0 aliphatic heterocycles. The first-order chi connectivity index (χ1) is 9.52. The molecular weight excluding hydrogens is 287 g/mol. The smallest absolute Gasteiger partial charge is 0.329 e. The van der Waals surface area contributed by atoms with Crippen LogP contribution in [0.2, 0.25) is 5.15 Å². The van der Waals surface area contributed by atoms with Gasteiger partial charge in [0.15, 0.2) is 5.15 Å². The van der Waals surface area contributed by atoms with Crippen molar-refractivity contribution in [3.8, 4) is 5.75 Å². The Morgan fingerprint density at radius 2 is 2.15 bits per heavy atom. The van der Waals surface area contributed by atoms with Gasteiger partial charge in [0, 0.05) is 6.54 Å². The number of hydrogen-bond donors (Lipinski definition) is 1. The third-order valence-electron chi connectivity index (χ3n) is 2.85. The molecule has 2 aromatic rings. The van der Waals surface area contributed by atoms with Crippen LogP contribution in [0, 0.1) is 5.82 Å². The van der Waals surface area contributed by atoms with Crippen LogP contribution in [0.3, 0.4) is 0 Å². The lowest BCUT2D eigenvalue weighted by Gasteiger charge is -2.07. The van der Waals surface area contributed by atoms with Crippen LogP contribution in [0.25, 0.3) is 0 Å². The van der Waals surface area contributed by atoms with E-state index in [0.29, 0.717) is 12.2 Å². The number of ether oxygens (including phenoxy) is 1. The van der Waals surface area contributed by atoms with Crippen LogP contribution in [-0.2, 0) is 13.0 Å². The summed E-state index contributed by atoms with van der Waals surface area (Å²) < 4.78 is 19.2. The van der Waals surface area contributed by atoms with Crippen molar-refractivity contribution in [2.75, 3.05) is 7.11 Å². The molecule has 106 valence electrons. The summed E-state index contributed by atoms with van der Waals surface area (Å²) in [5.41, 5.74) is -0.892. The van der Waals surface area contributed by atoms with E-state index in [4.69, 9.17) is 16.3 Å². The number of methoxy groups -OCH3 is 1. The molecule has 5 nitrogen and oxygen atoms in total. The van der Waals surface area contributed by atoms with Crippen LogP contribution >= 0.6 is 11.6 Å². The Kier molecular flexibility index (Phi) is 4.24. The monoisotopic (exact) mass is 298 g/mol. The fraction of sp³-hybridized carbons (Fsp3) is 0.231. The molecule has 1 aromatic carbocycles. The highest BCUT2D eigenvalue weighted by atomic mass is 35.5. The maximum atomic E-state index is 13.4. The van der Waals surface area contributed by atoms with Crippen LogP contribution < -0.4 is 16.0 Å². The molecule has 0 amide bonds. The normalized spacial score (nSPS) is 10.6. The van der Waals surface area contributed by atoms with Gasteiger partial charge in [0.1, 0.15) is 5.75 Å². The highest BCUT2D eigenvalue weighted by Gasteiger charge is 2.12. The van der Waals surface area contributed by atoms with Crippen molar-refractivity contribution in [1.29, 1.82) is 0 Å². The average molecular weight is 299 g/mol. The van der Waals surface area contributed by atoms with E-state index in [0.717, 1.165) is 10.1 Å². The van der Waals surface area contributed by atoms with E-state index in [1.165, 1.54) is 0 Å². The topological polar surface area (TPSA) is 64.1 Å². The van der Waals surface area contributed by atoms with Gasteiger partial charge < -0.3 is 4.74 Å². The molecule has 0 aliphatic rings. The minimum Gasteiger partial charge on any atom is -0.497 e. The zero-order valence-electron chi connectivity index (χ0n) is 10.7. The predicted molar refractivity (Wildman–Crippen MR) is 73.0 cm³/mol. The minimum absolute atomic E-state index is 0.0510. The second-order valence-corrected chi connectivity index (χ2v) is 4.49. The van der Waals surface area contributed by atoms with E-state index >= 15 is 0 Å². The van der Waals surface area contributed by atoms with E-state index in [1.807, 2.05) is 6.07 Å². The highest BCUT2D eigenvalue weighted by molar-refractivity contribution is 6.29. The number of rotatable bonds is 4. The van der Waals surface area contributed by atoms with Gasteiger partial charge in [-0.1, -0.05) is 23.7 Å². The van der Waals surface area contributed by atoms with E-state index in [9.17, 15) is 14.0 Å². The summed E-state index contributed by atoms with van der Waals surface area (Å²) >= 11 is 5.39. The zero-order valence-corrected chi connectivity index (χ0v) is 11.4. The number of hydrogen-bond acceptors (Lipinski definition) is 3. The summed E-state index contributed by atoms with van der Waals surface area (Å²) in [6.45, 7) is 0.0510. The Hall–Kier alpha value is -2.08. The van der Waals surface area contributed by atoms with Gasteiger partial charge in [0.05, 0.1) is 7.11 Å². The molecule has 0 spiro atoms. The number of benzene rings is 1. The molecule has 20 heavy (non-hydrogen) atoms. The molecule has 0 atom stereocenters. The maximum absolute atomic E-state index is 13.4. The van der Waals surface area contributed by atoms with Gasteiger partial charge in [-0.3, -0.25) is 14.3 Å². The lowest BCUT2D eigenvalue weighted by atomic mass is 10.1. The molecular formula is C13H12ClFN2O3. The Morgan fingerprint density at radius 1 is 1.40 bits per heavy atom. The summed E-state index contributed by atoms with van der Waals surface area (Å²) in [6.07, 6.45) is 0.390. The van der Waals surface area contributed by atoms with E-state index in [2.05, 4.69) is 4.98 Å². The van der Waals surface area contributed by atoms with Crippen molar-refractivity contribution in [2.45, 2.75) is 13.0 Å². The van der Waals surface area contributed by atoms with Gasteiger partial charge in [-0.05, 0) is 24.1 Å². The fourth-order valence-electron chi connectivity index (χ4n) is 1.79. The molecule has 0 unspecified atom stereocenters. The number of aromatic nitrogens is 2. The zero-order chi connectivity index (χ0) is 14.7. The number of aromatic amines is 1. The van der Waals surface area contributed by atoms with Gasteiger partial charge in [-0.25, -0.2) is 4.79 Å². The molecule has 0 saturated carbocycles. The van der Waals surface area contributed by atoms with Crippen LogP contribution in [0.5, 0.6) is 5.75 Å². The second-order valence-electron chi connectivity index (χ2n) is 4.12. The summed E-state index contributed by atoms with van der Waals surface area (Å²) in [6, 6.07) is 7.19. The van der Waals surface area contributed by atoms with E-state index in [1.54, 1.807) is 25.3 Å². The van der Waals surface area contributed by atoms with Gasteiger partial charge >= 0.3 is 5.69 Å². The Bertz CT molecular complexity index is 739. The first kappa shape index (κ1) is 14.3. The van der Waals surface area contributed by atoms with Crippen LogP contribution in [0.4, 0.5) is 4.39 Å². The Labute approximate surface area is 118 Å². The number of halogens is 2. The van der Waals surface area contributed by atoms with Crippen molar-refractivity contribution >= 4 is 11.6 Å². The first-order valence-corrected chi connectivity index (χ1v) is 6.21. The van der Waals surface area contributed by atoms with E-state index < -0.39 is 22.2 Å². The lowest BCUT2D eigenvalue weighted by Crippen LogP contribution is -2.37.